The summed E-state index contributed by atoms with van der Waals surface area (Å²) >= 11 is 1.27. The molecule has 0 aliphatic carbocycles. The van der Waals surface area contributed by atoms with Crippen molar-refractivity contribution in [3.8, 4) is 5.75 Å². The lowest BCUT2D eigenvalue weighted by molar-refractivity contribution is -0.133. The van der Waals surface area contributed by atoms with Crippen molar-refractivity contribution in [2.24, 2.45) is 0 Å². The van der Waals surface area contributed by atoms with Gasteiger partial charge in [-0.3, -0.25) is 9.59 Å². The van der Waals surface area contributed by atoms with Gasteiger partial charge in [-0.05, 0) is 45.0 Å². The van der Waals surface area contributed by atoms with Crippen LogP contribution in [0.2, 0.25) is 0 Å². The molecular formula is C15H21NO4S. The van der Waals surface area contributed by atoms with Gasteiger partial charge in [-0.2, -0.15) is 0 Å². The van der Waals surface area contributed by atoms with Gasteiger partial charge in [0.25, 0.3) is 5.91 Å². The van der Waals surface area contributed by atoms with Crippen LogP contribution in [0.15, 0.2) is 24.3 Å². The van der Waals surface area contributed by atoms with E-state index in [1.807, 2.05) is 20.8 Å². The van der Waals surface area contributed by atoms with Gasteiger partial charge in [0, 0.05) is 17.9 Å². The van der Waals surface area contributed by atoms with Crippen LogP contribution in [0.5, 0.6) is 5.75 Å². The van der Waals surface area contributed by atoms with Crippen molar-refractivity contribution in [2.75, 3.05) is 18.1 Å². The van der Waals surface area contributed by atoms with E-state index in [-0.39, 0.29) is 17.3 Å². The van der Waals surface area contributed by atoms with Crippen molar-refractivity contribution in [1.82, 2.24) is 5.32 Å². The Morgan fingerprint density at radius 1 is 1.24 bits per heavy atom. The van der Waals surface area contributed by atoms with E-state index in [0.29, 0.717) is 17.9 Å². The smallest absolute Gasteiger partial charge is 0.313 e. The van der Waals surface area contributed by atoms with Crippen LogP contribution >= 0.6 is 11.8 Å². The van der Waals surface area contributed by atoms with Gasteiger partial charge in [-0.1, -0.05) is 0 Å². The van der Waals surface area contributed by atoms with Gasteiger partial charge < -0.3 is 15.2 Å². The molecule has 0 aliphatic rings. The zero-order valence-electron chi connectivity index (χ0n) is 12.5. The molecule has 0 aromatic heterocycles. The fraction of sp³-hybridized carbons (Fsp3) is 0.467. The molecular weight excluding hydrogens is 290 g/mol. The second kappa shape index (κ2) is 7.93. The van der Waals surface area contributed by atoms with Crippen molar-refractivity contribution in [3.05, 3.63) is 29.8 Å². The number of thioether (sulfide) groups is 1. The van der Waals surface area contributed by atoms with Crippen LogP contribution < -0.4 is 10.1 Å². The summed E-state index contributed by atoms with van der Waals surface area (Å²) in [5.41, 5.74) is 0.282. The standard InChI is InChI=1S/C15H21NO4S/c1-15(2,3)20-12-6-4-11(5-7-12)14(19)16-8-9-21-10-13(17)18/h4-7H,8-10H2,1-3H3,(H,16,19)(H,17,18). The van der Waals surface area contributed by atoms with Crippen LogP contribution in [-0.2, 0) is 4.79 Å². The molecule has 0 spiro atoms. The number of carbonyl (C=O) groups excluding carboxylic acids is 1. The van der Waals surface area contributed by atoms with E-state index in [4.69, 9.17) is 9.84 Å². The van der Waals surface area contributed by atoms with Gasteiger partial charge in [0.15, 0.2) is 0 Å². The predicted octanol–water partition coefficient (Wildman–Crippen LogP) is 2.41. The first kappa shape index (κ1) is 17.4. The van der Waals surface area contributed by atoms with Crippen LogP contribution in [0.3, 0.4) is 0 Å². The molecule has 21 heavy (non-hydrogen) atoms. The summed E-state index contributed by atoms with van der Waals surface area (Å²) in [4.78, 5) is 22.2. The summed E-state index contributed by atoms with van der Waals surface area (Å²) < 4.78 is 5.68. The van der Waals surface area contributed by atoms with Gasteiger partial charge in [-0.15, -0.1) is 11.8 Å². The minimum atomic E-state index is -0.847. The van der Waals surface area contributed by atoms with E-state index >= 15 is 0 Å². The summed E-state index contributed by atoms with van der Waals surface area (Å²) in [5, 5.41) is 11.2. The lowest BCUT2D eigenvalue weighted by Crippen LogP contribution is -2.26. The first-order valence-electron chi connectivity index (χ1n) is 6.65. The molecule has 0 aliphatic heterocycles. The number of benzene rings is 1. The highest BCUT2D eigenvalue weighted by molar-refractivity contribution is 7.99. The molecule has 1 amide bonds. The summed E-state index contributed by atoms with van der Waals surface area (Å²) in [6.45, 7) is 6.32. The van der Waals surface area contributed by atoms with Gasteiger partial charge in [0.1, 0.15) is 11.4 Å². The third-order valence-electron chi connectivity index (χ3n) is 2.30. The minimum Gasteiger partial charge on any atom is -0.488 e. The van der Waals surface area contributed by atoms with Crippen molar-refractivity contribution in [1.29, 1.82) is 0 Å². The minimum absolute atomic E-state index is 0.0503. The van der Waals surface area contributed by atoms with E-state index in [9.17, 15) is 9.59 Å². The quantitative estimate of drug-likeness (QED) is 0.756. The van der Waals surface area contributed by atoms with E-state index in [1.54, 1.807) is 24.3 Å². The number of hydrogen-bond acceptors (Lipinski definition) is 4. The topological polar surface area (TPSA) is 75.6 Å². The van der Waals surface area contributed by atoms with Gasteiger partial charge in [0.2, 0.25) is 0 Å². The average Bonchev–Trinajstić information content (AvgIpc) is 2.36. The van der Waals surface area contributed by atoms with E-state index < -0.39 is 5.97 Å². The summed E-state index contributed by atoms with van der Waals surface area (Å²) in [5.74, 6) is 0.322. The highest BCUT2D eigenvalue weighted by Crippen LogP contribution is 2.18. The number of nitrogens with one attached hydrogen (secondary N) is 1. The molecule has 0 fully saturated rings. The number of amides is 1. The van der Waals surface area contributed by atoms with Crippen LogP contribution in [0.1, 0.15) is 31.1 Å². The molecule has 0 heterocycles. The van der Waals surface area contributed by atoms with E-state index in [1.165, 1.54) is 11.8 Å². The predicted molar refractivity (Wildman–Crippen MR) is 84.1 cm³/mol. The number of carbonyl (C=O) groups is 2. The third kappa shape index (κ3) is 7.60. The molecule has 1 aromatic rings. The van der Waals surface area contributed by atoms with Crippen LogP contribution in [0.4, 0.5) is 0 Å². The Labute approximate surface area is 129 Å². The summed E-state index contributed by atoms with van der Waals surface area (Å²) in [6.07, 6.45) is 0. The molecule has 0 unspecified atom stereocenters. The van der Waals surface area contributed by atoms with Gasteiger partial charge in [0.05, 0.1) is 5.75 Å². The largest absolute Gasteiger partial charge is 0.488 e. The average molecular weight is 311 g/mol. The molecule has 0 radical (unpaired) electrons. The normalized spacial score (nSPS) is 11.0. The second-order valence-electron chi connectivity index (χ2n) is 5.44. The van der Waals surface area contributed by atoms with Crippen molar-refractivity contribution < 1.29 is 19.4 Å². The number of hydrogen-bond donors (Lipinski definition) is 2. The van der Waals surface area contributed by atoms with Crippen LogP contribution in [0.25, 0.3) is 0 Å². The molecule has 0 saturated carbocycles. The molecule has 0 atom stereocenters. The molecule has 1 aromatic carbocycles. The Morgan fingerprint density at radius 3 is 2.38 bits per heavy atom. The third-order valence-corrected chi connectivity index (χ3v) is 3.24. The fourth-order valence-corrected chi connectivity index (χ4v) is 2.09. The highest BCUT2D eigenvalue weighted by atomic mass is 32.2. The lowest BCUT2D eigenvalue weighted by Gasteiger charge is -2.21. The number of rotatable bonds is 7. The highest BCUT2D eigenvalue weighted by Gasteiger charge is 2.12. The van der Waals surface area contributed by atoms with Crippen molar-refractivity contribution >= 4 is 23.6 Å². The van der Waals surface area contributed by atoms with E-state index in [0.717, 1.165) is 5.75 Å². The lowest BCUT2D eigenvalue weighted by atomic mass is 10.1. The zero-order valence-corrected chi connectivity index (χ0v) is 13.3. The molecule has 0 saturated heterocycles. The maximum absolute atomic E-state index is 11.9. The van der Waals surface area contributed by atoms with Gasteiger partial charge in [-0.25, -0.2) is 0 Å². The summed E-state index contributed by atoms with van der Waals surface area (Å²) in [7, 11) is 0. The van der Waals surface area contributed by atoms with E-state index in [2.05, 4.69) is 5.32 Å². The number of carboxylic acid groups (broad SMARTS) is 1. The fourth-order valence-electron chi connectivity index (χ4n) is 1.53. The van der Waals surface area contributed by atoms with Crippen molar-refractivity contribution in [3.63, 3.8) is 0 Å². The molecule has 2 N–H and O–H groups in total. The molecule has 116 valence electrons. The SMILES string of the molecule is CC(C)(C)Oc1ccc(C(=O)NCCSCC(=O)O)cc1. The van der Waals surface area contributed by atoms with Crippen molar-refractivity contribution in [2.45, 2.75) is 26.4 Å². The Morgan fingerprint density at radius 2 is 1.86 bits per heavy atom. The maximum atomic E-state index is 11.9. The Balaban J connectivity index is 2.39. The Hall–Kier alpha value is -1.69. The molecule has 1 rings (SSSR count). The van der Waals surface area contributed by atoms with Crippen LogP contribution in [-0.4, -0.2) is 40.6 Å². The zero-order chi connectivity index (χ0) is 15.9. The molecule has 6 heteroatoms. The Kier molecular flexibility index (Phi) is 6.55. The monoisotopic (exact) mass is 311 g/mol. The second-order valence-corrected chi connectivity index (χ2v) is 6.55. The molecule has 5 nitrogen and oxygen atoms in total. The first-order chi connectivity index (χ1) is 9.78. The number of carboxylic acids is 1. The first-order valence-corrected chi connectivity index (χ1v) is 7.80. The number of aliphatic carboxylic acids is 1. The Bertz CT molecular complexity index is 479. The summed E-state index contributed by atoms with van der Waals surface area (Å²) in [6, 6.07) is 6.94. The molecule has 0 bridgehead atoms. The van der Waals surface area contributed by atoms with Gasteiger partial charge >= 0.3 is 5.97 Å². The van der Waals surface area contributed by atoms with Crippen LogP contribution in [0, 0.1) is 0 Å². The number of ether oxygens (including phenoxy) is 1. The maximum Gasteiger partial charge on any atom is 0.313 e.